The molecule has 2 heterocycles. The highest BCUT2D eigenvalue weighted by Crippen LogP contribution is 2.39. The molecule has 0 bridgehead atoms. The van der Waals surface area contributed by atoms with Gasteiger partial charge in [0, 0.05) is 32.9 Å². The first-order chi connectivity index (χ1) is 31.7. The molecular weight excluding hydrogens is 773 g/mol. The van der Waals surface area contributed by atoms with E-state index in [1.54, 1.807) is 0 Å². The molecule has 11 aromatic carbocycles. The van der Waals surface area contributed by atoms with E-state index in [4.69, 9.17) is 0 Å². The van der Waals surface area contributed by atoms with E-state index in [-0.39, 0.29) is 0 Å². The lowest BCUT2D eigenvalue weighted by atomic mass is 9.93. The van der Waals surface area contributed by atoms with Crippen molar-refractivity contribution in [2.75, 3.05) is 0 Å². The number of aromatic nitrogens is 2. The Morgan fingerprint density at radius 1 is 0.188 bits per heavy atom. The van der Waals surface area contributed by atoms with Gasteiger partial charge in [0.05, 0.1) is 22.1 Å². The third-order valence-corrected chi connectivity index (χ3v) is 13.3. The quantitative estimate of drug-likeness (QED) is 0.148. The van der Waals surface area contributed by atoms with Crippen LogP contribution in [-0.2, 0) is 0 Å². The molecule has 0 unspecified atom stereocenters. The second-order valence-corrected chi connectivity index (χ2v) is 16.9. The van der Waals surface area contributed by atoms with Crippen LogP contribution in [0.3, 0.4) is 0 Å². The molecule has 0 atom stereocenters. The molecular formula is C62H40N2. The lowest BCUT2D eigenvalue weighted by Crippen LogP contribution is -1.92. The molecule has 0 fully saturated rings. The summed E-state index contributed by atoms with van der Waals surface area (Å²) in [6, 6.07) is 88.9. The van der Waals surface area contributed by atoms with Crippen molar-refractivity contribution in [2.24, 2.45) is 0 Å². The molecule has 0 N–H and O–H groups in total. The number of benzene rings is 11. The van der Waals surface area contributed by atoms with Gasteiger partial charge in [-0.2, -0.15) is 0 Å². The normalized spacial score (nSPS) is 11.8. The highest BCUT2D eigenvalue weighted by Gasteiger charge is 2.15. The molecule has 64 heavy (non-hydrogen) atoms. The highest BCUT2D eigenvalue weighted by molar-refractivity contribution is 6.12. The minimum absolute atomic E-state index is 1.17. The molecule has 0 saturated carbocycles. The molecule has 2 nitrogen and oxygen atoms in total. The van der Waals surface area contributed by atoms with E-state index >= 15 is 0 Å². The van der Waals surface area contributed by atoms with Crippen molar-refractivity contribution >= 4 is 65.2 Å². The van der Waals surface area contributed by atoms with Crippen molar-refractivity contribution in [3.8, 4) is 55.9 Å². The number of nitrogens with zero attached hydrogens (tertiary/aromatic N) is 2. The summed E-state index contributed by atoms with van der Waals surface area (Å²) in [5.74, 6) is 0. The Kier molecular flexibility index (Phi) is 8.25. The fourth-order valence-corrected chi connectivity index (χ4v) is 10.1. The van der Waals surface area contributed by atoms with E-state index in [2.05, 4.69) is 252 Å². The van der Waals surface area contributed by atoms with Gasteiger partial charge in [-0.3, -0.25) is 0 Å². The summed E-state index contributed by atoms with van der Waals surface area (Å²) in [6.07, 6.45) is 0. The summed E-state index contributed by atoms with van der Waals surface area (Å²) in [5.41, 5.74) is 16.9. The lowest BCUT2D eigenvalue weighted by Gasteiger charge is -2.11. The van der Waals surface area contributed by atoms with Crippen LogP contribution < -0.4 is 0 Å². The van der Waals surface area contributed by atoms with E-state index in [0.29, 0.717) is 0 Å². The van der Waals surface area contributed by atoms with Gasteiger partial charge in [-0.1, -0.05) is 170 Å². The molecule has 0 spiro atoms. The summed E-state index contributed by atoms with van der Waals surface area (Å²) in [4.78, 5) is 0. The summed E-state index contributed by atoms with van der Waals surface area (Å²) < 4.78 is 4.74. The summed E-state index contributed by atoms with van der Waals surface area (Å²) in [5, 5.41) is 10.1. The predicted molar refractivity (Wildman–Crippen MR) is 272 cm³/mol. The third-order valence-electron chi connectivity index (χ3n) is 13.3. The topological polar surface area (TPSA) is 9.86 Å². The first kappa shape index (κ1) is 36.2. The van der Waals surface area contributed by atoms with E-state index in [1.807, 2.05) is 0 Å². The fourth-order valence-electron chi connectivity index (χ4n) is 10.1. The molecule has 13 aromatic rings. The summed E-state index contributed by atoms with van der Waals surface area (Å²) >= 11 is 0. The highest BCUT2D eigenvalue weighted by atomic mass is 15.0. The molecule has 2 aromatic heterocycles. The van der Waals surface area contributed by atoms with Gasteiger partial charge in [0.2, 0.25) is 0 Å². The maximum atomic E-state index is 2.37. The molecule has 298 valence electrons. The summed E-state index contributed by atoms with van der Waals surface area (Å²) in [7, 11) is 0. The van der Waals surface area contributed by atoms with Crippen molar-refractivity contribution in [3.63, 3.8) is 0 Å². The van der Waals surface area contributed by atoms with Crippen LogP contribution in [0.5, 0.6) is 0 Å². The molecule has 13 rings (SSSR count). The Labute approximate surface area is 371 Å². The maximum absolute atomic E-state index is 2.37. The molecule has 0 amide bonds. The van der Waals surface area contributed by atoms with Gasteiger partial charge < -0.3 is 9.13 Å². The van der Waals surface area contributed by atoms with E-state index in [9.17, 15) is 0 Å². The van der Waals surface area contributed by atoms with E-state index < -0.39 is 0 Å². The van der Waals surface area contributed by atoms with Gasteiger partial charge in [-0.25, -0.2) is 0 Å². The Morgan fingerprint density at radius 3 is 0.859 bits per heavy atom. The van der Waals surface area contributed by atoms with Gasteiger partial charge in [0.15, 0.2) is 0 Å². The van der Waals surface area contributed by atoms with Crippen molar-refractivity contribution in [3.05, 3.63) is 243 Å². The smallest absolute Gasteiger partial charge is 0.0541 e. The maximum Gasteiger partial charge on any atom is 0.0541 e. The Balaban J connectivity index is 0.817. The van der Waals surface area contributed by atoms with Crippen molar-refractivity contribution in [1.29, 1.82) is 0 Å². The average molecular weight is 813 g/mol. The van der Waals surface area contributed by atoms with Crippen LogP contribution in [0.1, 0.15) is 0 Å². The zero-order valence-electron chi connectivity index (χ0n) is 35.0. The first-order valence-electron chi connectivity index (χ1n) is 22.1. The van der Waals surface area contributed by atoms with Gasteiger partial charge in [0.25, 0.3) is 0 Å². The predicted octanol–water partition coefficient (Wildman–Crippen LogP) is 16.9. The second kappa shape index (κ2) is 14.6. The second-order valence-electron chi connectivity index (χ2n) is 16.9. The first-order valence-corrected chi connectivity index (χ1v) is 22.1. The minimum Gasteiger partial charge on any atom is -0.309 e. The fraction of sp³-hybridized carbons (Fsp3) is 0. The number of para-hydroxylation sites is 4. The van der Waals surface area contributed by atoms with Gasteiger partial charge >= 0.3 is 0 Å². The number of hydrogen-bond acceptors (Lipinski definition) is 0. The van der Waals surface area contributed by atoms with Crippen molar-refractivity contribution in [1.82, 2.24) is 9.13 Å². The Hall–Kier alpha value is -8.46. The number of rotatable bonds is 6. The standard InChI is InChI=1S/C62H40N2/c1-3-11-51(12-4-1)63-59-17-9-7-15-53(59)57-39-49(33-35-61(57)63)43-23-19-41(20-24-43)47-31-29-45-27-28-46-30-32-48(38-56(46)55(45)37-47)42-21-25-44(26-22-42)50-34-36-62-58(40-50)54-16-8-10-18-60(54)64(62)52-13-5-2-6-14-52/h1-40H. The molecule has 0 radical (unpaired) electrons. The molecule has 2 heteroatoms. The Bertz CT molecular complexity index is 3650. The van der Waals surface area contributed by atoms with Gasteiger partial charge in [-0.15, -0.1) is 0 Å². The minimum atomic E-state index is 1.17. The third kappa shape index (κ3) is 5.88. The summed E-state index contributed by atoms with van der Waals surface area (Å²) in [6.45, 7) is 0. The zero-order valence-corrected chi connectivity index (χ0v) is 35.0. The van der Waals surface area contributed by atoms with E-state index in [0.717, 1.165) is 0 Å². The largest absolute Gasteiger partial charge is 0.309 e. The zero-order chi connectivity index (χ0) is 42.1. The van der Waals surface area contributed by atoms with Crippen molar-refractivity contribution in [2.45, 2.75) is 0 Å². The van der Waals surface area contributed by atoms with Crippen LogP contribution in [-0.4, -0.2) is 9.13 Å². The van der Waals surface area contributed by atoms with Crippen LogP contribution in [0, 0.1) is 0 Å². The SMILES string of the molecule is c1ccc(-n2c3ccccc3c3cc(-c4ccc(-c5ccc6ccc7ccc(-c8ccc(-c9ccc%10c(c9)c9ccccc9n%10-c9ccccc9)cc8)cc7c6c5)cc4)ccc32)cc1. The molecule has 0 saturated heterocycles. The van der Waals surface area contributed by atoms with Crippen LogP contribution in [0.2, 0.25) is 0 Å². The van der Waals surface area contributed by atoms with Crippen LogP contribution >= 0.6 is 0 Å². The van der Waals surface area contributed by atoms with Crippen LogP contribution in [0.4, 0.5) is 0 Å². The molecule has 0 aliphatic heterocycles. The Morgan fingerprint density at radius 2 is 0.469 bits per heavy atom. The molecule has 0 aliphatic carbocycles. The van der Waals surface area contributed by atoms with Crippen molar-refractivity contribution < 1.29 is 0 Å². The van der Waals surface area contributed by atoms with Crippen LogP contribution in [0.15, 0.2) is 243 Å². The monoisotopic (exact) mass is 812 g/mol. The van der Waals surface area contributed by atoms with Gasteiger partial charge in [0.1, 0.15) is 0 Å². The number of hydrogen-bond donors (Lipinski definition) is 0. The van der Waals surface area contributed by atoms with Gasteiger partial charge in [-0.05, 0) is 139 Å². The van der Waals surface area contributed by atoms with E-state index in [1.165, 1.54) is 121 Å². The molecule has 0 aliphatic rings. The van der Waals surface area contributed by atoms with Crippen LogP contribution in [0.25, 0.3) is 121 Å². The lowest BCUT2D eigenvalue weighted by molar-refractivity contribution is 1.18. The number of fused-ring (bicyclic) bond motifs is 9. The average Bonchev–Trinajstić information content (AvgIpc) is 3.89.